The lowest BCUT2D eigenvalue weighted by molar-refractivity contribution is -0.131. The molecule has 2 aliphatic rings. The molecule has 2 aromatic carbocycles. The van der Waals surface area contributed by atoms with Crippen LogP contribution in [0.25, 0.3) is 10.8 Å². The Balaban J connectivity index is 1.21. The normalized spacial score (nSPS) is 20.6. The smallest absolute Gasteiger partial charge is 0.289 e. The first-order valence-electron chi connectivity index (χ1n) is 12.4. The number of rotatable bonds is 6. The van der Waals surface area contributed by atoms with Gasteiger partial charge in [-0.2, -0.15) is 0 Å². The topological polar surface area (TPSA) is 82.9 Å². The second kappa shape index (κ2) is 9.94. The van der Waals surface area contributed by atoms with E-state index in [4.69, 9.17) is 4.42 Å². The van der Waals surface area contributed by atoms with E-state index in [0.717, 1.165) is 12.8 Å². The maximum atomic E-state index is 13.2. The number of nitrogens with zero attached hydrogens (tertiary/aromatic N) is 2. The molecular weight excluding hydrogens is 442 g/mol. The number of benzene rings is 2. The molecule has 3 heterocycles. The van der Waals surface area contributed by atoms with Gasteiger partial charge >= 0.3 is 0 Å². The van der Waals surface area contributed by atoms with Crippen LogP contribution < -0.4 is 5.32 Å². The summed E-state index contributed by atoms with van der Waals surface area (Å²) in [7, 11) is 0. The first-order chi connectivity index (χ1) is 17.0. The summed E-state index contributed by atoms with van der Waals surface area (Å²) in [6, 6.07) is 18.0. The standard InChI is InChI=1S/C28H31N3O4/c32-25-10-12-28(29-25,20-21-8-9-22-5-1-2-6-23(22)19-21)13-11-26(33)30-14-4-15-31(17-16-30)27(34)24-7-3-18-35-24/h1-3,5-9,18-19H,4,10-17,20H2,(H,29,32)/t28-/m0/s1. The van der Waals surface area contributed by atoms with Crippen molar-refractivity contribution in [3.05, 3.63) is 72.2 Å². The Morgan fingerprint density at radius 3 is 2.51 bits per heavy atom. The van der Waals surface area contributed by atoms with Crippen LogP contribution in [-0.4, -0.2) is 59.2 Å². The first kappa shape index (κ1) is 23.1. The lowest BCUT2D eigenvalue weighted by atomic mass is 9.84. The van der Waals surface area contributed by atoms with Crippen molar-refractivity contribution in [1.82, 2.24) is 15.1 Å². The second-order valence-electron chi connectivity index (χ2n) is 9.69. The number of hydrogen-bond acceptors (Lipinski definition) is 4. The molecule has 1 N–H and O–H groups in total. The summed E-state index contributed by atoms with van der Waals surface area (Å²) in [4.78, 5) is 41.6. The van der Waals surface area contributed by atoms with Crippen molar-refractivity contribution in [2.45, 2.75) is 44.1 Å². The average molecular weight is 474 g/mol. The Hall–Kier alpha value is -3.61. The van der Waals surface area contributed by atoms with E-state index < -0.39 is 5.54 Å². The predicted octanol–water partition coefficient (Wildman–Crippen LogP) is 3.78. The lowest BCUT2D eigenvalue weighted by Crippen LogP contribution is -2.45. The van der Waals surface area contributed by atoms with Crippen molar-refractivity contribution in [3.8, 4) is 0 Å². The molecule has 0 saturated carbocycles. The molecule has 2 fully saturated rings. The maximum absolute atomic E-state index is 13.2. The number of hydrogen-bond donors (Lipinski definition) is 1. The van der Waals surface area contributed by atoms with Gasteiger partial charge in [-0.15, -0.1) is 0 Å². The lowest BCUT2D eigenvalue weighted by Gasteiger charge is -2.31. The minimum Gasteiger partial charge on any atom is -0.459 e. The number of fused-ring (bicyclic) bond motifs is 1. The number of amides is 3. The van der Waals surface area contributed by atoms with Crippen LogP contribution in [0, 0.1) is 0 Å². The van der Waals surface area contributed by atoms with Crippen LogP contribution >= 0.6 is 0 Å². The van der Waals surface area contributed by atoms with E-state index in [0.29, 0.717) is 57.6 Å². The number of carbonyl (C=O) groups is 3. The zero-order chi connectivity index (χ0) is 24.3. The summed E-state index contributed by atoms with van der Waals surface area (Å²) in [6.07, 6.45) is 5.15. The molecule has 7 heteroatoms. The van der Waals surface area contributed by atoms with Crippen molar-refractivity contribution in [1.29, 1.82) is 0 Å². The molecule has 0 radical (unpaired) electrons. The largest absolute Gasteiger partial charge is 0.459 e. The monoisotopic (exact) mass is 473 g/mol. The fourth-order valence-corrected chi connectivity index (χ4v) is 5.35. The quantitative estimate of drug-likeness (QED) is 0.591. The highest BCUT2D eigenvalue weighted by atomic mass is 16.3. The van der Waals surface area contributed by atoms with Gasteiger partial charge in [0, 0.05) is 44.6 Å². The van der Waals surface area contributed by atoms with Gasteiger partial charge in [0.2, 0.25) is 11.8 Å². The maximum Gasteiger partial charge on any atom is 0.289 e. The minimum absolute atomic E-state index is 0.0556. The van der Waals surface area contributed by atoms with Crippen molar-refractivity contribution in [3.63, 3.8) is 0 Å². The minimum atomic E-state index is -0.400. The Morgan fingerprint density at radius 1 is 0.943 bits per heavy atom. The van der Waals surface area contributed by atoms with Crippen LogP contribution in [0.2, 0.25) is 0 Å². The van der Waals surface area contributed by atoms with Crippen LogP contribution in [0.15, 0.2) is 65.3 Å². The molecule has 7 nitrogen and oxygen atoms in total. The van der Waals surface area contributed by atoms with Gasteiger partial charge in [-0.05, 0) is 54.2 Å². The third-order valence-electron chi connectivity index (χ3n) is 7.28. The van der Waals surface area contributed by atoms with E-state index >= 15 is 0 Å². The summed E-state index contributed by atoms with van der Waals surface area (Å²) >= 11 is 0. The van der Waals surface area contributed by atoms with E-state index in [1.807, 2.05) is 17.0 Å². The van der Waals surface area contributed by atoms with E-state index in [1.54, 1.807) is 17.0 Å². The Bertz CT molecular complexity index is 1220. The van der Waals surface area contributed by atoms with Crippen molar-refractivity contribution >= 4 is 28.5 Å². The van der Waals surface area contributed by atoms with Crippen LogP contribution in [0.1, 0.15) is 48.2 Å². The molecule has 1 atom stereocenters. The van der Waals surface area contributed by atoms with E-state index in [1.165, 1.54) is 22.6 Å². The molecule has 3 aromatic rings. The van der Waals surface area contributed by atoms with Gasteiger partial charge in [-0.1, -0.05) is 42.5 Å². The molecule has 2 saturated heterocycles. The molecule has 3 amide bonds. The number of nitrogens with one attached hydrogen (secondary N) is 1. The molecule has 1 aromatic heterocycles. The van der Waals surface area contributed by atoms with E-state index in [2.05, 4.69) is 35.6 Å². The highest BCUT2D eigenvalue weighted by Gasteiger charge is 2.38. The van der Waals surface area contributed by atoms with Gasteiger partial charge in [0.1, 0.15) is 0 Å². The van der Waals surface area contributed by atoms with E-state index in [-0.39, 0.29) is 17.7 Å². The second-order valence-corrected chi connectivity index (χ2v) is 9.69. The molecule has 0 spiro atoms. The Morgan fingerprint density at radius 2 is 1.74 bits per heavy atom. The van der Waals surface area contributed by atoms with Gasteiger partial charge in [0.05, 0.1) is 6.26 Å². The molecule has 5 rings (SSSR count). The molecule has 182 valence electrons. The third kappa shape index (κ3) is 5.24. The van der Waals surface area contributed by atoms with Crippen molar-refractivity contribution < 1.29 is 18.8 Å². The highest BCUT2D eigenvalue weighted by Crippen LogP contribution is 2.31. The predicted molar refractivity (Wildman–Crippen MR) is 133 cm³/mol. The first-order valence-corrected chi connectivity index (χ1v) is 12.4. The molecule has 0 bridgehead atoms. The zero-order valence-corrected chi connectivity index (χ0v) is 19.9. The Kier molecular flexibility index (Phi) is 6.57. The van der Waals surface area contributed by atoms with Crippen LogP contribution in [0.5, 0.6) is 0 Å². The van der Waals surface area contributed by atoms with Gasteiger partial charge in [0.25, 0.3) is 5.91 Å². The fraction of sp³-hybridized carbons (Fsp3) is 0.393. The van der Waals surface area contributed by atoms with Gasteiger partial charge < -0.3 is 19.5 Å². The van der Waals surface area contributed by atoms with E-state index in [9.17, 15) is 14.4 Å². The number of carbonyl (C=O) groups excluding carboxylic acids is 3. The fourth-order valence-electron chi connectivity index (χ4n) is 5.35. The molecule has 0 unspecified atom stereocenters. The van der Waals surface area contributed by atoms with Crippen LogP contribution in [-0.2, 0) is 16.0 Å². The van der Waals surface area contributed by atoms with Crippen molar-refractivity contribution in [2.24, 2.45) is 0 Å². The summed E-state index contributed by atoms with van der Waals surface area (Å²) in [5.41, 5.74) is 0.766. The number of furan rings is 1. The molecule has 35 heavy (non-hydrogen) atoms. The van der Waals surface area contributed by atoms with Gasteiger partial charge in [-0.3, -0.25) is 14.4 Å². The average Bonchev–Trinajstić information content (AvgIpc) is 3.46. The summed E-state index contributed by atoms with van der Waals surface area (Å²) in [6.45, 7) is 2.23. The molecule has 0 aliphatic carbocycles. The van der Waals surface area contributed by atoms with Crippen LogP contribution in [0.4, 0.5) is 0 Å². The Labute approximate surface area is 205 Å². The third-order valence-corrected chi connectivity index (χ3v) is 7.28. The van der Waals surface area contributed by atoms with Gasteiger partial charge in [0.15, 0.2) is 5.76 Å². The van der Waals surface area contributed by atoms with Crippen LogP contribution in [0.3, 0.4) is 0 Å². The molecule has 2 aliphatic heterocycles. The zero-order valence-electron chi connectivity index (χ0n) is 19.9. The molecular formula is C28H31N3O4. The highest BCUT2D eigenvalue weighted by molar-refractivity contribution is 5.91. The summed E-state index contributed by atoms with van der Waals surface area (Å²) < 4.78 is 5.25. The van der Waals surface area contributed by atoms with Gasteiger partial charge in [-0.25, -0.2) is 0 Å². The SMILES string of the molecule is O=C1CC[C@](CCC(=O)N2CCCN(C(=O)c3ccco3)CC2)(Cc2ccc3ccccc3c2)N1. The van der Waals surface area contributed by atoms with Crippen molar-refractivity contribution in [2.75, 3.05) is 26.2 Å². The summed E-state index contributed by atoms with van der Waals surface area (Å²) in [5.74, 6) is 0.334. The summed E-state index contributed by atoms with van der Waals surface area (Å²) in [5, 5.41) is 5.57.